The van der Waals surface area contributed by atoms with Crippen molar-refractivity contribution >= 4 is 24.3 Å². The molecule has 1 aliphatic rings. The average Bonchev–Trinajstić information content (AvgIpc) is 2.76. The highest BCUT2D eigenvalue weighted by Gasteiger charge is 2.51. The van der Waals surface area contributed by atoms with E-state index >= 15 is 0 Å². The molecule has 0 saturated carbocycles. The molecule has 2 heterocycles. The first-order chi connectivity index (χ1) is 11.8. The van der Waals surface area contributed by atoms with Crippen LogP contribution in [0.1, 0.15) is 33.3 Å². The van der Waals surface area contributed by atoms with E-state index in [1.807, 2.05) is 64.1 Å². The Bertz CT molecular complexity index is 746. The average molecular weight is 338 g/mol. The second-order valence-electron chi connectivity index (χ2n) is 7.27. The van der Waals surface area contributed by atoms with Gasteiger partial charge in [0, 0.05) is 6.20 Å². The lowest BCUT2D eigenvalue weighted by atomic mass is 9.80. The maximum Gasteiger partial charge on any atom is 0.495 e. The maximum atomic E-state index is 12.2. The minimum Gasteiger partial charge on any atom is -0.399 e. The van der Waals surface area contributed by atoms with Gasteiger partial charge in [0.15, 0.2) is 0 Å². The summed E-state index contributed by atoms with van der Waals surface area (Å²) in [6.07, 6.45) is 1.96. The van der Waals surface area contributed by atoms with Gasteiger partial charge < -0.3 is 14.6 Å². The van der Waals surface area contributed by atoms with Crippen LogP contribution in [0.3, 0.4) is 0 Å². The lowest BCUT2D eigenvalue weighted by molar-refractivity contribution is -0.115. The summed E-state index contributed by atoms with van der Waals surface area (Å²) in [4.78, 5) is 16.4. The first-order valence-electron chi connectivity index (χ1n) is 8.42. The van der Waals surface area contributed by atoms with Gasteiger partial charge in [0.05, 0.1) is 17.6 Å². The molecule has 1 N–H and O–H groups in total. The molecule has 1 aromatic carbocycles. The number of anilines is 1. The molecule has 0 unspecified atom stereocenters. The highest BCUT2D eigenvalue weighted by molar-refractivity contribution is 6.62. The number of carbonyl (C=O) groups excluding carboxylic acids is 1. The van der Waals surface area contributed by atoms with Crippen LogP contribution in [0, 0.1) is 0 Å². The molecule has 5 nitrogen and oxygen atoms in total. The topological polar surface area (TPSA) is 60.5 Å². The molecule has 0 atom stereocenters. The van der Waals surface area contributed by atoms with Crippen LogP contribution in [-0.4, -0.2) is 29.2 Å². The fraction of sp³-hybridized carbons (Fsp3) is 0.368. The second kappa shape index (κ2) is 6.62. The van der Waals surface area contributed by atoms with Crippen LogP contribution >= 0.6 is 0 Å². The molecule has 1 fully saturated rings. The van der Waals surface area contributed by atoms with E-state index in [1.165, 1.54) is 0 Å². The molecule has 1 amide bonds. The van der Waals surface area contributed by atoms with E-state index in [2.05, 4.69) is 10.3 Å². The van der Waals surface area contributed by atoms with Gasteiger partial charge >= 0.3 is 7.12 Å². The number of amides is 1. The van der Waals surface area contributed by atoms with Crippen molar-refractivity contribution in [2.24, 2.45) is 0 Å². The number of aromatic nitrogens is 1. The quantitative estimate of drug-likeness (QED) is 0.871. The van der Waals surface area contributed by atoms with Crippen molar-refractivity contribution < 1.29 is 14.1 Å². The molecule has 1 aliphatic heterocycles. The summed E-state index contributed by atoms with van der Waals surface area (Å²) in [5, 5.41) is 2.83. The molecular weight excluding hydrogens is 315 g/mol. The van der Waals surface area contributed by atoms with Crippen molar-refractivity contribution in [2.75, 3.05) is 5.32 Å². The van der Waals surface area contributed by atoms with Crippen LogP contribution < -0.4 is 10.8 Å². The Morgan fingerprint density at radius 1 is 1.08 bits per heavy atom. The normalized spacial score (nSPS) is 18.2. The minimum absolute atomic E-state index is 0.107. The number of benzene rings is 1. The standard InChI is InChI=1S/C19H23BN2O3/c1-18(2)19(3,4)25-20(24-18)15-10-11-21-16(13-15)22-17(23)12-14-8-6-5-7-9-14/h5-11,13H,12H2,1-4H3,(H,21,22,23). The number of rotatable bonds is 4. The van der Waals surface area contributed by atoms with Crippen LogP contribution in [0.2, 0.25) is 0 Å². The molecule has 3 rings (SSSR count). The number of nitrogens with zero attached hydrogens (tertiary/aromatic N) is 1. The summed E-state index contributed by atoms with van der Waals surface area (Å²) in [6.45, 7) is 8.04. The fourth-order valence-electron chi connectivity index (χ4n) is 2.61. The van der Waals surface area contributed by atoms with Gasteiger partial charge in [0.25, 0.3) is 0 Å². The summed E-state index contributed by atoms with van der Waals surface area (Å²) < 4.78 is 12.1. The largest absolute Gasteiger partial charge is 0.495 e. The van der Waals surface area contributed by atoms with Gasteiger partial charge in [-0.2, -0.15) is 0 Å². The Balaban J connectivity index is 1.69. The Labute approximate surface area is 148 Å². The van der Waals surface area contributed by atoms with Crippen molar-refractivity contribution in [1.82, 2.24) is 4.98 Å². The van der Waals surface area contributed by atoms with Gasteiger partial charge in [-0.15, -0.1) is 0 Å². The van der Waals surface area contributed by atoms with Crippen LogP contribution in [0.4, 0.5) is 5.82 Å². The summed E-state index contributed by atoms with van der Waals surface area (Å²) in [5.74, 6) is 0.387. The molecular formula is C19H23BN2O3. The SMILES string of the molecule is CC1(C)OB(c2ccnc(NC(=O)Cc3ccccc3)c2)OC1(C)C. The van der Waals surface area contributed by atoms with E-state index in [9.17, 15) is 4.79 Å². The Kier molecular flexibility index (Phi) is 4.67. The van der Waals surface area contributed by atoms with Crippen molar-refractivity contribution in [1.29, 1.82) is 0 Å². The highest BCUT2D eigenvalue weighted by atomic mass is 16.7. The van der Waals surface area contributed by atoms with Crippen molar-refractivity contribution in [3.05, 3.63) is 54.2 Å². The number of hydrogen-bond donors (Lipinski definition) is 1. The Morgan fingerprint density at radius 2 is 1.72 bits per heavy atom. The lowest BCUT2D eigenvalue weighted by Gasteiger charge is -2.32. The molecule has 0 bridgehead atoms. The number of hydrogen-bond acceptors (Lipinski definition) is 4. The lowest BCUT2D eigenvalue weighted by Crippen LogP contribution is -2.41. The van der Waals surface area contributed by atoms with Gasteiger partial charge in [-0.3, -0.25) is 4.79 Å². The van der Waals surface area contributed by atoms with E-state index in [-0.39, 0.29) is 5.91 Å². The highest BCUT2D eigenvalue weighted by Crippen LogP contribution is 2.36. The van der Waals surface area contributed by atoms with Crippen LogP contribution in [0.5, 0.6) is 0 Å². The molecule has 1 saturated heterocycles. The zero-order chi connectivity index (χ0) is 18.1. The Hall–Kier alpha value is -2.18. The van der Waals surface area contributed by atoms with E-state index in [0.29, 0.717) is 12.2 Å². The molecule has 130 valence electrons. The van der Waals surface area contributed by atoms with E-state index < -0.39 is 18.3 Å². The van der Waals surface area contributed by atoms with Crippen molar-refractivity contribution in [3.8, 4) is 0 Å². The van der Waals surface area contributed by atoms with Crippen LogP contribution in [0.25, 0.3) is 0 Å². The molecule has 0 spiro atoms. The Morgan fingerprint density at radius 3 is 2.36 bits per heavy atom. The third-order valence-electron chi connectivity index (χ3n) is 4.78. The smallest absolute Gasteiger partial charge is 0.399 e. The molecule has 6 heteroatoms. The predicted molar refractivity (Wildman–Crippen MR) is 98.7 cm³/mol. The van der Waals surface area contributed by atoms with Gasteiger partial charge in [-0.25, -0.2) is 4.98 Å². The first-order valence-corrected chi connectivity index (χ1v) is 8.42. The van der Waals surface area contributed by atoms with Gasteiger partial charge in [-0.05, 0) is 50.9 Å². The fourth-order valence-corrected chi connectivity index (χ4v) is 2.61. The predicted octanol–water partition coefficient (Wildman–Crippen LogP) is 2.56. The summed E-state index contributed by atoms with van der Waals surface area (Å²) in [5.41, 5.74) is 0.987. The number of pyridine rings is 1. The number of carbonyl (C=O) groups is 1. The second-order valence-corrected chi connectivity index (χ2v) is 7.27. The zero-order valence-electron chi connectivity index (χ0n) is 15.1. The molecule has 0 radical (unpaired) electrons. The number of nitrogens with one attached hydrogen (secondary N) is 1. The monoisotopic (exact) mass is 338 g/mol. The summed E-state index contributed by atoms with van der Waals surface area (Å²) >= 11 is 0. The van der Waals surface area contributed by atoms with Gasteiger partial charge in [0.2, 0.25) is 5.91 Å². The maximum absolute atomic E-state index is 12.2. The van der Waals surface area contributed by atoms with Crippen LogP contribution in [-0.2, 0) is 20.5 Å². The van der Waals surface area contributed by atoms with Gasteiger partial charge in [0.1, 0.15) is 5.82 Å². The molecule has 2 aromatic rings. The zero-order valence-corrected chi connectivity index (χ0v) is 15.1. The van der Waals surface area contributed by atoms with E-state index in [1.54, 1.807) is 12.3 Å². The summed E-state index contributed by atoms with van der Waals surface area (Å²) in [7, 11) is -0.474. The van der Waals surface area contributed by atoms with Crippen molar-refractivity contribution in [2.45, 2.75) is 45.3 Å². The molecule has 25 heavy (non-hydrogen) atoms. The van der Waals surface area contributed by atoms with Gasteiger partial charge in [-0.1, -0.05) is 30.3 Å². The molecule has 1 aromatic heterocycles. The van der Waals surface area contributed by atoms with Crippen LogP contribution in [0.15, 0.2) is 48.7 Å². The van der Waals surface area contributed by atoms with E-state index in [4.69, 9.17) is 9.31 Å². The van der Waals surface area contributed by atoms with E-state index in [0.717, 1.165) is 11.0 Å². The van der Waals surface area contributed by atoms with Crippen molar-refractivity contribution in [3.63, 3.8) is 0 Å². The third-order valence-corrected chi connectivity index (χ3v) is 4.78. The minimum atomic E-state index is -0.474. The molecule has 0 aliphatic carbocycles. The third kappa shape index (κ3) is 3.91. The summed E-state index contributed by atoms with van der Waals surface area (Å²) in [6, 6.07) is 13.2. The first kappa shape index (κ1) is 17.6.